The Kier molecular flexibility index (Phi) is 4.12. The summed E-state index contributed by atoms with van der Waals surface area (Å²) in [6, 6.07) is 7.84. The van der Waals surface area contributed by atoms with Gasteiger partial charge in [0.15, 0.2) is 0 Å². The van der Waals surface area contributed by atoms with Gasteiger partial charge in [0.1, 0.15) is 6.29 Å². The van der Waals surface area contributed by atoms with Gasteiger partial charge in [-0.1, -0.05) is 18.2 Å². The van der Waals surface area contributed by atoms with Crippen molar-refractivity contribution in [1.82, 2.24) is 4.90 Å². The number of anilines is 1. The minimum Gasteiger partial charge on any atom is -0.398 e. The topological polar surface area (TPSA) is 55.6 Å². The zero-order valence-electron chi connectivity index (χ0n) is 9.84. The van der Waals surface area contributed by atoms with Crippen LogP contribution in [0.15, 0.2) is 24.3 Å². The summed E-state index contributed by atoms with van der Waals surface area (Å²) in [5.74, 6) is 0. The predicted octanol–water partition coefficient (Wildman–Crippen LogP) is 1.23. The predicted molar refractivity (Wildman–Crippen MR) is 66.7 cm³/mol. The van der Waals surface area contributed by atoms with Crippen molar-refractivity contribution in [2.45, 2.75) is 12.5 Å². The lowest BCUT2D eigenvalue weighted by Crippen LogP contribution is -2.39. The summed E-state index contributed by atoms with van der Waals surface area (Å²) in [5, 5.41) is 0. The Morgan fingerprint density at radius 2 is 2.06 bits per heavy atom. The zero-order chi connectivity index (χ0) is 12.1. The molecule has 1 aliphatic rings. The second kappa shape index (κ2) is 5.80. The van der Waals surface area contributed by atoms with Crippen molar-refractivity contribution < 1.29 is 9.53 Å². The average molecular weight is 234 g/mol. The molecule has 4 nitrogen and oxygen atoms in total. The number of ether oxygens (including phenoxy) is 1. The van der Waals surface area contributed by atoms with Crippen molar-refractivity contribution in [2.75, 3.05) is 32.0 Å². The Morgan fingerprint density at radius 3 is 2.71 bits per heavy atom. The van der Waals surface area contributed by atoms with E-state index in [9.17, 15) is 4.79 Å². The first-order chi connectivity index (χ1) is 8.33. The lowest BCUT2D eigenvalue weighted by atomic mass is 10.0. The Morgan fingerprint density at radius 1 is 1.35 bits per heavy atom. The average Bonchev–Trinajstić information content (AvgIpc) is 2.38. The van der Waals surface area contributed by atoms with Crippen LogP contribution in [0.1, 0.15) is 18.0 Å². The molecule has 0 aromatic heterocycles. The molecule has 92 valence electrons. The van der Waals surface area contributed by atoms with Crippen LogP contribution < -0.4 is 5.73 Å². The molecule has 1 aromatic rings. The standard InChI is InChI=1S/C13H18N2O2/c14-12-4-2-1-3-11(12)13(5-8-16)15-6-9-17-10-7-15/h1-4,8,13H,5-7,9-10,14H2. The molecule has 0 saturated carbocycles. The van der Waals surface area contributed by atoms with Gasteiger partial charge in [-0.2, -0.15) is 0 Å². The first-order valence-corrected chi connectivity index (χ1v) is 5.92. The van der Waals surface area contributed by atoms with Crippen LogP contribution in [0.3, 0.4) is 0 Å². The van der Waals surface area contributed by atoms with E-state index in [0.29, 0.717) is 6.42 Å². The minimum atomic E-state index is 0.0811. The second-order valence-electron chi connectivity index (χ2n) is 4.20. The van der Waals surface area contributed by atoms with E-state index in [1.165, 1.54) is 0 Å². The van der Waals surface area contributed by atoms with Crippen molar-refractivity contribution >= 4 is 12.0 Å². The number of nitrogens with zero attached hydrogens (tertiary/aromatic N) is 1. The third-order valence-corrected chi connectivity index (χ3v) is 3.16. The number of rotatable bonds is 4. The van der Waals surface area contributed by atoms with E-state index in [-0.39, 0.29) is 6.04 Å². The maximum atomic E-state index is 10.8. The van der Waals surface area contributed by atoms with Crippen LogP contribution in [0.2, 0.25) is 0 Å². The number of hydrogen-bond acceptors (Lipinski definition) is 4. The summed E-state index contributed by atoms with van der Waals surface area (Å²) in [6.07, 6.45) is 1.45. The number of hydrogen-bond donors (Lipinski definition) is 1. The van der Waals surface area contributed by atoms with Gasteiger partial charge in [-0.3, -0.25) is 4.90 Å². The normalized spacial score (nSPS) is 18.8. The highest BCUT2D eigenvalue weighted by atomic mass is 16.5. The van der Waals surface area contributed by atoms with E-state index in [2.05, 4.69) is 4.90 Å². The molecule has 0 bridgehead atoms. The van der Waals surface area contributed by atoms with E-state index in [1.807, 2.05) is 24.3 Å². The molecular formula is C13H18N2O2. The highest BCUT2D eigenvalue weighted by molar-refractivity contribution is 5.55. The van der Waals surface area contributed by atoms with Crippen LogP contribution in [0, 0.1) is 0 Å². The molecule has 0 amide bonds. The van der Waals surface area contributed by atoms with Gasteiger partial charge in [0.2, 0.25) is 0 Å². The van der Waals surface area contributed by atoms with Crippen molar-refractivity contribution in [3.05, 3.63) is 29.8 Å². The molecular weight excluding hydrogens is 216 g/mol. The molecule has 1 unspecified atom stereocenters. The molecule has 0 aliphatic carbocycles. The van der Waals surface area contributed by atoms with Crippen LogP contribution in [-0.2, 0) is 9.53 Å². The summed E-state index contributed by atoms with van der Waals surface area (Å²) in [4.78, 5) is 13.1. The van der Waals surface area contributed by atoms with Crippen LogP contribution in [0.25, 0.3) is 0 Å². The van der Waals surface area contributed by atoms with Crippen molar-refractivity contribution in [3.8, 4) is 0 Å². The zero-order valence-corrected chi connectivity index (χ0v) is 9.84. The van der Waals surface area contributed by atoms with Crippen LogP contribution >= 0.6 is 0 Å². The fraction of sp³-hybridized carbons (Fsp3) is 0.462. The number of carbonyl (C=O) groups is 1. The van der Waals surface area contributed by atoms with Gasteiger partial charge >= 0.3 is 0 Å². The SMILES string of the molecule is Nc1ccccc1C(CC=O)N1CCOCC1. The Hall–Kier alpha value is -1.39. The molecule has 0 spiro atoms. The number of para-hydroxylation sites is 1. The van der Waals surface area contributed by atoms with E-state index in [1.54, 1.807) is 0 Å². The number of aldehydes is 1. The number of morpholine rings is 1. The minimum absolute atomic E-state index is 0.0811. The van der Waals surface area contributed by atoms with Crippen LogP contribution in [0.4, 0.5) is 5.69 Å². The van der Waals surface area contributed by atoms with Gasteiger partial charge in [-0.05, 0) is 11.6 Å². The number of nitrogens with two attached hydrogens (primary N) is 1. The lowest BCUT2D eigenvalue weighted by Gasteiger charge is -2.34. The molecule has 1 fully saturated rings. The van der Waals surface area contributed by atoms with Crippen LogP contribution in [-0.4, -0.2) is 37.5 Å². The Labute approximate surface area is 101 Å². The third-order valence-electron chi connectivity index (χ3n) is 3.16. The summed E-state index contributed by atoms with van der Waals surface area (Å²) in [6.45, 7) is 3.16. The van der Waals surface area contributed by atoms with E-state index in [4.69, 9.17) is 10.5 Å². The summed E-state index contributed by atoms with van der Waals surface area (Å²) in [7, 11) is 0. The van der Waals surface area contributed by atoms with Gasteiger partial charge in [0, 0.05) is 31.2 Å². The highest BCUT2D eigenvalue weighted by Gasteiger charge is 2.23. The summed E-state index contributed by atoms with van der Waals surface area (Å²) in [5.41, 5.74) is 7.78. The monoisotopic (exact) mass is 234 g/mol. The Bertz CT molecular complexity index is 375. The van der Waals surface area contributed by atoms with Gasteiger partial charge in [0.25, 0.3) is 0 Å². The van der Waals surface area contributed by atoms with Gasteiger partial charge in [-0.15, -0.1) is 0 Å². The summed E-state index contributed by atoms with van der Waals surface area (Å²) >= 11 is 0. The fourth-order valence-electron chi connectivity index (χ4n) is 2.27. The molecule has 4 heteroatoms. The van der Waals surface area contributed by atoms with Crippen LogP contribution in [0.5, 0.6) is 0 Å². The number of benzene rings is 1. The quantitative estimate of drug-likeness (QED) is 0.629. The maximum absolute atomic E-state index is 10.8. The maximum Gasteiger partial charge on any atom is 0.121 e. The molecule has 2 rings (SSSR count). The molecule has 2 N–H and O–H groups in total. The molecule has 1 saturated heterocycles. The summed E-state index contributed by atoms with van der Waals surface area (Å²) < 4.78 is 5.33. The molecule has 0 radical (unpaired) electrons. The first kappa shape index (κ1) is 12.1. The fourth-order valence-corrected chi connectivity index (χ4v) is 2.27. The van der Waals surface area contributed by atoms with Crippen molar-refractivity contribution in [1.29, 1.82) is 0 Å². The molecule has 1 heterocycles. The highest BCUT2D eigenvalue weighted by Crippen LogP contribution is 2.28. The largest absolute Gasteiger partial charge is 0.398 e. The first-order valence-electron chi connectivity index (χ1n) is 5.92. The molecule has 1 aromatic carbocycles. The third kappa shape index (κ3) is 2.84. The second-order valence-corrected chi connectivity index (χ2v) is 4.20. The van der Waals surface area contributed by atoms with Crippen molar-refractivity contribution in [3.63, 3.8) is 0 Å². The molecule has 17 heavy (non-hydrogen) atoms. The van der Waals surface area contributed by atoms with Gasteiger partial charge < -0.3 is 15.3 Å². The molecule has 1 atom stereocenters. The lowest BCUT2D eigenvalue weighted by molar-refractivity contribution is -0.109. The van der Waals surface area contributed by atoms with Crippen molar-refractivity contribution in [2.24, 2.45) is 0 Å². The van der Waals surface area contributed by atoms with E-state index < -0.39 is 0 Å². The smallest absolute Gasteiger partial charge is 0.121 e. The number of nitrogen functional groups attached to an aromatic ring is 1. The van der Waals surface area contributed by atoms with E-state index >= 15 is 0 Å². The van der Waals surface area contributed by atoms with Gasteiger partial charge in [0.05, 0.1) is 13.2 Å². The molecule has 1 aliphatic heterocycles. The van der Waals surface area contributed by atoms with E-state index in [0.717, 1.165) is 43.8 Å². The Balaban J connectivity index is 2.21. The van der Waals surface area contributed by atoms with Gasteiger partial charge in [-0.25, -0.2) is 0 Å². The number of carbonyl (C=O) groups excluding carboxylic acids is 1.